The SMILES string of the molecule is CCCCC(CC)CCCC(C)C(CC)CC. The summed E-state index contributed by atoms with van der Waals surface area (Å²) < 4.78 is 0. The van der Waals surface area contributed by atoms with Crippen LogP contribution in [0.1, 0.15) is 92.4 Å². The van der Waals surface area contributed by atoms with E-state index in [1.807, 2.05) is 0 Å². The van der Waals surface area contributed by atoms with Crippen molar-refractivity contribution in [2.75, 3.05) is 0 Å². The van der Waals surface area contributed by atoms with Gasteiger partial charge in [-0.1, -0.05) is 92.4 Å². The maximum absolute atomic E-state index is 2.46. The first-order valence-corrected chi connectivity index (χ1v) is 8.19. The van der Waals surface area contributed by atoms with Gasteiger partial charge < -0.3 is 0 Å². The smallest absolute Gasteiger partial charge is 0.0394 e. The molecule has 0 amide bonds. The van der Waals surface area contributed by atoms with Crippen LogP contribution >= 0.6 is 0 Å². The maximum atomic E-state index is 2.46. The summed E-state index contributed by atoms with van der Waals surface area (Å²) in [6.45, 7) is 11.8. The molecule has 0 fully saturated rings. The highest BCUT2D eigenvalue weighted by molar-refractivity contribution is 4.65. The van der Waals surface area contributed by atoms with Crippen LogP contribution in [-0.2, 0) is 0 Å². The van der Waals surface area contributed by atoms with Crippen LogP contribution in [0.2, 0.25) is 0 Å². The van der Waals surface area contributed by atoms with E-state index in [1.165, 1.54) is 57.8 Å². The molecule has 0 aliphatic heterocycles. The fourth-order valence-electron chi connectivity index (χ4n) is 3.10. The van der Waals surface area contributed by atoms with Gasteiger partial charge in [0.1, 0.15) is 0 Å². The first kappa shape index (κ1) is 17.0. The molecule has 0 spiro atoms. The van der Waals surface area contributed by atoms with Gasteiger partial charge in [0.25, 0.3) is 0 Å². The fourth-order valence-corrected chi connectivity index (χ4v) is 3.10. The van der Waals surface area contributed by atoms with Gasteiger partial charge in [0.05, 0.1) is 0 Å². The minimum absolute atomic E-state index is 0.939. The Labute approximate surface area is 111 Å². The lowest BCUT2D eigenvalue weighted by Gasteiger charge is -2.22. The molecule has 0 bridgehead atoms. The summed E-state index contributed by atoms with van der Waals surface area (Å²) in [4.78, 5) is 0. The lowest BCUT2D eigenvalue weighted by atomic mass is 9.84. The van der Waals surface area contributed by atoms with Crippen LogP contribution in [-0.4, -0.2) is 0 Å². The second-order valence-corrected chi connectivity index (χ2v) is 5.90. The quantitative estimate of drug-likeness (QED) is 0.389. The van der Waals surface area contributed by atoms with E-state index in [-0.39, 0.29) is 0 Å². The van der Waals surface area contributed by atoms with Gasteiger partial charge in [-0.15, -0.1) is 0 Å². The van der Waals surface area contributed by atoms with Crippen molar-refractivity contribution in [1.29, 1.82) is 0 Å². The zero-order chi connectivity index (χ0) is 13.1. The Bertz CT molecular complexity index is 146. The molecule has 0 saturated heterocycles. The summed E-state index contributed by atoms with van der Waals surface area (Å²) in [5.41, 5.74) is 0. The number of hydrogen-bond donors (Lipinski definition) is 0. The Kier molecular flexibility index (Phi) is 11.1. The third-order valence-electron chi connectivity index (χ3n) is 4.67. The van der Waals surface area contributed by atoms with Crippen molar-refractivity contribution >= 4 is 0 Å². The third kappa shape index (κ3) is 7.84. The van der Waals surface area contributed by atoms with Crippen LogP contribution in [0.25, 0.3) is 0 Å². The second kappa shape index (κ2) is 11.1. The van der Waals surface area contributed by atoms with Gasteiger partial charge in [0.2, 0.25) is 0 Å². The van der Waals surface area contributed by atoms with Crippen LogP contribution in [0.3, 0.4) is 0 Å². The van der Waals surface area contributed by atoms with E-state index in [9.17, 15) is 0 Å². The first-order chi connectivity index (χ1) is 8.19. The molecule has 17 heavy (non-hydrogen) atoms. The highest BCUT2D eigenvalue weighted by Gasteiger charge is 2.14. The molecule has 0 N–H and O–H groups in total. The van der Waals surface area contributed by atoms with Crippen LogP contribution in [0.4, 0.5) is 0 Å². The van der Waals surface area contributed by atoms with Gasteiger partial charge in [0.15, 0.2) is 0 Å². The largest absolute Gasteiger partial charge is 0.0654 e. The fraction of sp³-hybridized carbons (Fsp3) is 1.00. The molecular weight excluding hydrogens is 204 g/mol. The van der Waals surface area contributed by atoms with E-state index in [0.29, 0.717) is 0 Å². The van der Waals surface area contributed by atoms with Crippen molar-refractivity contribution in [3.8, 4) is 0 Å². The van der Waals surface area contributed by atoms with E-state index >= 15 is 0 Å². The summed E-state index contributed by atoms with van der Waals surface area (Å²) in [5.74, 6) is 2.91. The van der Waals surface area contributed by atoms with Crippen molar-refractivity contribution in [3.63, 3.8) is 0 Å². The van der Waals surface area contributed by atoms with E-state index in [1.54, 1.807) is 0 Å². The molecule has 0 aliphatic rings. The minimum Gasteiger partial charge on any atom is -0.0654 e. The van der Waals surface area contributed by atoms with Crippen LogP contribution in [0.15, 0.2) is 0 Å². The molecule has 0 heterocycles. The summed E-state index contributed by atoms with van der Waals surface area (Å²) in [5, 5.41) is 0. The molecule has 104 valence electrons. The zero-order valence-corrected chi connectivity index (χ0v) is 13.1. The maximum Gasteiger partial charge on any atom is -0.0394 e. The average Bonchev–Trinajstić information content (AvgIpc) is 2.35. The van der Waals surface area contributed by atoms with Crippen molar-refractivity contribution in [1.82, 2.24) is 0 Å². The normalized spacial score (nSPS) is 15.2. The molecule has 2 atom stereocenters. The first-order valence-electron chi connectivity index (χ1n) is 8.19. The molecule has 0 saturated carbocycles. The lowest BCUT2D eigenvalue weighted by Crippen LogP contribution is -2.10. The second-order valence-electron chi connectivity index (χ2n) is 5.90. The summed E-state index contributed by atoms with van der Waals surface area (Å²) in [6.07, 6.45) is 12.8. The average molecular weight is 240 g/mol. The number of unbranched alkanes of at least 4 members (excludes halogenated alkanes) is 1. The Morgan fingerprint density at radius 3 is 1.76 bits per heavy atom. The van der Waals surface area contributed by atoms with Crippen LogP contribution < -0.4 is 0 Å². The van der Waals surface area contributed by atoms with Crippen LogP contribution in [0.5, 0.6) is 0 Å². The summed E-state index contributed by atoms with van der Waals surface area (Å²) in [7, 11) is 0. The molecule has 0 aromatic rings. The molecular formula is C17H36. The van der Waals surface area contributed by atoms with Crippen molar-refractivity contribution < 1.29 is 0 Å². The molecule has 0 nitrogen and oxygen atoms in total. The van der Waals surface area contributed by atoms with E-state index < -0.39 is 0 Å². The van der Waals surface area contributed by atoms with Crippen molar-refractivity contribution in [2.24, 2.45) is 17.8 Å². The standard InChI is InChI=1S/C17H36/c1-6-10-13-16(7-2)14-11-12-15(5)17(8-3)9-4/h15-17H,6-14H2,1-5H3. The van der Waals surface area contributed by atoms with Crippen LogP contribution in [0, 0.1) is 17.8 Å². The van der Waals surface area contributed by atoms with Gasteiger partial charge in [-0.3, -0.25) is 0 Å². The zero-order valence-electron chi connectivity index (χ0n) is 13.1. The molecule has 0 aromatic carbocycles. The molecule has 0 heteroatoms. The molecule has 0 radical (unpaired) electrons. The van der Waals surface area contributed by atoms with Gasteiger partial charge in [-0.2, -0.15) is 0 Å². The van der Waals surface area contributed by atoms with Gasteiger partial charge in [0, 0.05) is 0 Å². The van der Waals surface area contributed by atoms with Gasteiger partial charge in [-0.25, -0.2) is 0 Å². The van der Waals surface area contributed by atoms with Gasteiger partial charge >= 0.3 is 0 Å². The molecule has 2 unspecified atom stereocenters. The molecule has 0 aromatic heterocycles. The Balaban J connectivity index is 3.71. The highest BCUT2D eigenvalue weighted by atomic mass is 14.2. The predicted octanol–water partition coefficient (Wildman–Crippen LogP) is 6.45. The number of rotatable bonds is 11. The van der Waals surface area contributed by atoms with E-state index in [2.05, 4.69) is 34.6 Å². The topological polar surface area (TPSA) is 0 Å². The third-order valence-corrected chi connectivity index (χ3v) is 4.67. The highest BCUT2D eigenvalue weighted by Crippen LogP contribution is 2.26. The number of hydrogen-bond acceptors (Lipinski definition) is 0. The molecule has 0 aliphatic carbocycles. The monoisotopic (exact) mass is 240 g/mol. The lowest BCUT2D eigenvalue weighted by molar-refractivity contribution is 0.296. The van der Waals surface area contributed by atoms with Gasteiger partial charge in [-0.05, 0) is 17.8 Å². The Morgan fingerprint density at radius 2 is 1.29 bits per heavy atom. The van der Waals surface area contributed by atoms with Crippen molar-refractivity contribution in [3.05, 3.63) is 0 Å². The Morgan fingerprint density at radius 1 is 0.706 bits per heavy atom. The Hall–Kier alpha value is 0. The summed E-state index contributed by atoms with van der Waals surface area (Å²) in [6, 6.07) is 0. The van der Waals surface area contributed by atoms with Crippen molar-refractivity contribution in [2.45, 2.75) is 92.4 Å². The van der Waals surface area contributed by atoms with E-state index in [0.717, 1.165) is 17.8 Å². The predicted molar refractivity (Wildman–Crippen MR) is 80.4 cm³/mol. The minimum atomic E-state index is 0.939. The molecule has 0 rings (SSSR count). The van der Waals surface area contributed by atoms with E-state index in [4.69, 9.17) is 0 Å². The summed E-state index contributed by atoms with van der Waals surface area (Å²) >= 11 is 0.